The zero-order chi connectivity index (χ0) is 33.3. The van der Waals surface area contributed by atoms with Crippen molar-refractivity contribution < 1.29 is 14.4 Å². The normalized spacial score (nSPS) is 11.8. The Hall–Kier alpha value is -4.24. The number of carbonyl (C=O) groups is 3. The predicted molar refractivity (Wildman–Crippen MR) is 194 cm³/mol. The lowest BCUT2D eigenvalue weighted by Crippen LogP contribution is -2.30. The highest BCUT2D eigenvalue weighted by Crippen LogP contribution is 2.38. The molecule has 0 saturated carbocycles. The van der Waals surface area contributed by atoms with Crippen LogP contribution in [0.15, 0.2) is 132 Å². The minimum Gasteiger partial charge on any atom is -0.325 e. The highest BCUT2D eigenvalue weighted by molar-refractivity contribution is 8.00. The van der Waals surface area contributed by atoms with Crippen LogP contribution in [0.1, 0.15) is 26.7 Å². The highest BCUT2D eigenvalue weighted by Gasteiger charge is 2.23. The van der Waals surface area contributed by atoms with Crippen LogP contribution in [0.5, 0.6) is 0 Å². The van der Waals surface area contributed by atoms with Gasteiger partial charge in [0.15, 0.2) is 0 Å². The smallest absolute Gasteiger partial charge is 0.272 e. The average Bonchev–Trinajstić information content (AvgIpc) is 3.08. The number of thioether (sulfide) groups is 1. The lowest BCUT2D eigenvalue weighted by atomic mass is 10.1. The number of benzene rings is 5. The highest BCUT2D eigenvalue weighted by atomic mass is 35.5. The van der Waals surface area contributed by atoms with Crippen molar-refractivity contribution in [1.82, 2.24) is 5.32 Å². The maximum absolute atomic E-state index is 13.6. The van der Waals surface area contributed by atoms with Crippen molar-refractivity contribution in [2.75, 3.05) is 10.6 Å². The SMILES string of the molecule is O=C(Nc1cccc(SC(C(=O)Nc2ccc(Cl)c(Cl)c2)c2ccccc2)c1)/C(=C\c1cccc(Cl)c1Cl)NC(=O)c1ccccc1. The largest absolute Gasteiger partial charge is 0.325 e. The Bertz CT molecular complexity index is 1960. The first-order chi connectivity index (χ1) is 22.7. The van der Waals surface area contributed by atoms with Crippen LogP contribution in [0, 0.1) is 0 Å². The fourth-order valence-electron chi connectivity index (χ4n) is 4.39. The molecule has 6 nitrogen and oxygen atoms in total. The molecule has 11 heteroatoms. The molecule has 0 saturated heterocycles. The Morgan fingerprint density at radius 3 is 2.04 bits per heavy atom. The third-order valence-electron chi connectivity index (χ3n) is 6.68. The average molecular weight is 721 g/mol. The molecule has 0 heterocycles. The third-order valence-corrected chi connectivity index (χ3v) is 9.50. The van der Waals surface area contributed by atoms with E-state index in [-0.39, 0.29) is 16.6 Å². The number of carbonyl (C=O) groups excluding carboxylic acids is 3. The summed E-state index contributed by atoms with van der Waals surface area (Å²) in [6.45, 7) is 0. The quantitative estimate of drug-likeness (QED) is 0.0990. The number of amides is 3. The van der Waals surface area contributed by atoms with Crippen molar-refractivity contribution in [3.63, 3.8) is 0 Å². The molecule has 0 radical (unpaired) electrons. The van der Waals surface area contributed by atoms with Crippen LogP contribution < -0.4 is 16.0 Å². The van der Waals surface area contributed by atoms with E-state index >= 15 is 0 Å². The molecule has 5 rings (SSSR count). The summed E-state index contributed by atoms with van der Waals surface area (Å²) in [5, 5.41) is 9.04. The molecule has 0 aromatic heterocycles. The Morgan fingerprint density at radius 1 is 0.638 bits per heavy atom. The van der Waals surface area contributed by atoms with Crippen molar-refractivity contribution in [1.29, 1.82) is 0 Å². The summed E-state index contributed by atoms with van der Waals surface area (Å²) in [6.07, 6.45) is 1.46. The maximum Gasteiger partial charge on any atom is 0.272 e. The molecule has 0 aliphatic heterocycles. The first kappa shape index (κ1) is 34.1. The summed E-state index contributed by atoms with van der Waals surface area (Å²) >= 11 is 26.1. The van der Waals surface area contributed by atoms with Gasteiger partial charge >= 0.3 is 0 Å². The molecule has 47 heavy (non-hydrogen) atoms. The fourth-order valence-corrected chi connectivity index (χ4v) is 6.14. The van der Waals surface area contributed by atoms with Gasteiger partial charge < -0.3 is 16.0 Å². The number of anilines is 2. The number of halogens is 4. The summed E-state index contributed by atoms with van der Waals surface area (Å²) in [4.78, 5) is 41.0. The van der Waals surface area contributed by atoms with Gasteiger partial charge in [0.1, 0.15) is 10.9 Å². The molecule has 5 aromatic carbocycles. The van der Waals surface area contributed by atoms with Crippen LogP contribution in [-0.2, 0) is 9.59 Å². The van der Waals surface area contributed by atoms with E-state index in [2.05, 4.69) is 16.0 Å². The van der Waals surface area contributed by atoms with Crippen molar-refractivity contribution in [2.45, 2.75) is 10.1 Å². The minimum absolute atomic E-state index is 0.0516. The van der Waals surface area contributed by atoms with E-state index in [1.54, 1.807) is 84.9 Å². The van der Waals surface area contributed by atoms with E-state index in [4.69, 9.17) is 46.4 Å². The molecular weight excluding hydrogens is 696 g/mol. The molecule has 0 bridgehead atoms. The number of nitrogens with one attached hydrogen (secondary N) is 3. The Labute approximate surface area is 296 Å². The Balaban J connectivity index is 1.39. The molecule has 0 spiro atoms. The molecule has 0 aliphatic rings. The minimum atomic E-state index is -0.651. The standard InChI is InChI=1S/C36H25Cl4N3O3S/c37-28-18-17-26(21-30(28)39)42-36(46)33(22-9-3-1-4-10-22)47-27-15-8-14-25(20-27)41-35(45)31(19-24-13-7-16-29(38)32(24)40)43-34(44)23-11-5-2-6-12-23/h1-21,33H,(H,41,45)(H,42,46)(H,43,44)/b31-19+. The summed E-state index contributed by atoms with van der Waals surface area (Å²) < 4.78 is 0. The molecular formula is C36H25Cl4N3O3S. The number of hydrogen-bond acceptors (Lipinski definition) is 4. The van der Waals surface area contributed by atoms with Crippen LogP contribution in [0.4, 0.5) is 11.4 Å². The van der Waals surface area contributed by atoms with Gasteiger partial charge in [-0.25, -0.2) is 0 Å². The second kappa shape index (κ2) is 16.0. The summed E-state index contributed by atoms with van der Waals surface area (Å²) in [5.74, 6) is -1.35. The van der Waals surface area contributed by atoms with Gasteiger partial charge in [-0.1, -0.05) is 113 Å². The van der Waals surface area contributed by atoms with E-state index in [0.717, 1.165) is 5.56 Å². The molecule has 3 amide bonds. The van der Waals surface area contributed by atoms with Crippen molar-refractivity contribution in [3.05, 3.63) is 164 Å². The molecule has 5 aromatic rings. The van der Waals surface area contributed by atoms with Gasteiger partial charge in [-0.05, 0) is 71.8 Å². The van der Waals surface area contributed by atoms with Gasteiger partial charge in [0, 0.05) is 21.8 Å². The number of hydrogen-bond donors (Lipinski definition) is 3. The number of rotatable bonds is 10. The van der Waals surface area contributed by atoms with E-state index in [0.29, 0.717) is 42.5 Å². The van der Waals surface area contributed by atoms with Crippen molar-refractivity contribution in [2.24, 2.45) is 0 Å². The first-order valence-corrected chi connectivity index (χ1v) is 16.5. The van der Waals surface area contributed by atoms with Gasteiger partial charge in [-0.2, -0.15) is 0 Å². The molecule has 3 N–H and O–H groups in total. The zero-order valence-corrected chi connectivity index (χ0v) is 28.2. The van der Waals surface area contributed by atoms with E-state index in [9.17, 15) is 14.4 Å². The van der Waals surface area contributed by atoms with E-state index in [1.165, 1.54) is 17.8 Å². The second-order valence-corrected chi connectivity index (χ2v) is 12.8. The van der Waals surface area contributed by atoms with Crippen molar-refractivity contribution in [3.8, 4) is 0 Å². The Morgan fingerprint density at radius 2 is 1.32 bits per heavy atom. The van der Waals surface area contributed by atoms with Gasteiger partial charge in [-0.15, -0.1) is 11.8 Å². The van der Waals surface area contributed by atoms with Gasteiger partial charge in [0.2, 0.25) is 5.91 Å². The molecule has 236 valence electrons. The zero-order valence-electron chi connectivity index (χ0n) is 24.3. The van der Waals surface area contributed by atoms with Crippen LogP contribution in [0.2, 0.25) is 20.1 Å². The van der Waals surface area contributed by atoms with Crippen LogP contribution in [-0.4, -0.2) is 17.7 Å². The van der Waals surface area contributed by atoms with Crippen LogP contribution in [0.3, 0.4) is 0 Å². The molecule has 0 aliphatic carbocycles. The molecule has 1 unspecified atom stereocenters. The van der Waals surface area contributed by atoms with Crippen LogP contribution in [0.25, 0.3) is 6.08 Å². The maximum atomic E-state index is 13.6. The monoisotopic (exact) mass is 719 g/mol. The van der Waals surface area contributed by atoms with Gasteiger partial charge in [0.25, 0.3) is 11.8 Å². The topological polar surface area (TPSA) is 87.3 Å². The summed E-state index contributed by atoms with van der Waals surface area (Å²) in [7, 11) is 0. The second-order valence-electron chi connectivity index (χ2n) is 10.0. The van der Waals surface area contributed by atoms with Gasteiger partial charge in [-0.3, -0.25) is 14.4 Å². The van der Waals surface area contributed by atoms with E-state index in [1.807, 2.05) is 36.4 Å². The Kier molecular flexibility index (Phi) is 11.6. The lowest BCUT2D eigenvalue weighted by Gasteiger charge is -2.18. The third kappa shape index (κ3) is 9.19. The van der Waals surface area contributed by atoms with Gasteiger partial charge in [0.05, 0.1) is 20.1 Å². The first-order valence-electron chi connectivity index (χ1n) is 14.1. The van der Waals surface area contributed by atoms with E-state index < -0.39 is 17.1 Å². The fraction of sp³-hybridized carbons (Fsp3) is 0.0278. The predicted octanol–water partition coefficient (Wildman–Crippen LogP) is 10.2. The molecule has 0 fully saturated rings. The van der Waals surface area contributed by atoms with Crippen LogP contribution >= 0.6 is 58.2 Å². The van der Waals surface area contributed by atoms with Crippen molar-refractivity contribution >= 4 is 93.3 Å². The summed E-state index contributed by atoms with van der Waals surface area (Å²) in [5.41, 5.74) is 2.48. The summed E-state index contributed by atoms with van der Waals surface area (Å²) in [6, 6.07) is 34.7. The lowest BCUT2D eigenvalue weighted by molar-refractivity contribution is -0.116. The molecule has 1 atom stereocenters.